The lowest BCUT2D eigenvalue weighted by Gasteiger charge is -2.30. The van der Waals surface area contributed by atoms with E-state index >= 15 is 0 Å². The minimum atomic E-state index is -3.51. The molecule has 1 aliphatic rings. The Kier molecular flexibility index (Phi) is 6.57. The standard InChI is InChI=1S/C12H24N2O4S3/c1-10(2)9-14(6-3-12(13)19)21(17,18)11-4-7-20(15,16)8-5-11/h10-11H,3-9H2,1-2H3,(H2,13,19). The number of nitrogens with two attached hydrogens (primary N) is 1. The van der Waals surface area contributed by atoms with Crippen LogP contribution in [0.5, 0.6) is 0 Å². The topological polar surface area (TPSA) is 97.5 Å². The normalized spacial score (nSPS) is 20.0. The highest BCUT2D eigenvalue weighted by atomic mass is 32.2. The van der Waals surface area contributed by atoms with Gasteiger partial charge in [-0.1, -0.05) is 26.1 Å². The predicted molar refractivity (Wildman–Crippen MR) is 88.4 cm³/mol. The molecule has 1 saturated heterocycles. The third kappa shape index (κ3) is 5.80. The molecule has 9 heteroatoms. The molecule has 0 atom stereocenters. The molecule has 21 heavy (non-hydrogen) atoms. The van der Waals surface area contributed by atoms with E-state index in [1.165, 1.54) is 4.31 Å². The number of rotatable bonds is 7. The second-order valence-corrected chi connectivity index (χ2v) is 10.9. The van der Waals surface area contributed by atoms with Crippen LogP contribution < -0.4 is 5.73 Å². The monoisotopic (exact) mass is 356 g/mol. The van der Waals surface area contributed by atoms with Crippen LogP contribution in [0.3, 0.4) is 0 Å². The van der Waals surface area contributed by atoms with Gasteiger partial charge in [-0.25, -0.2) is 21.1 Å². The molecule has 1 aliphatic heterocycles. The van der Waals surface area contributed by atoms with Crippen LogP contribution in [0.15, 0.2) is 0 Å². The lowest BCUT2D eigenvalue weighted by atomic mass is 10.2. The van der Waals surface area contributed by atoms with Crippen molar-refractivity contribution < 1.29 is 16.8 Å². The van der Waals surface area contributed by atoms with Crippen molar-refractivity contribution in [2.45, 2.75) is 38.4 Å². The van der Waals surface area contributed by atoms with E-state index in [-0.39, 0.29) is 41.8 Å². The summed E-state index contributed by atoms with van der Waals surface area (Å²) in [6, 6.07) is 0. The van der Waals surface area contributed by atoms with Gasteiger partial charge in [0.05, 0.1) is 21.7 Å². The molecule has 0 bridgehead atoms. The van der Waals surface area contributed by atoms with Gasteiger partial charge >= 0.3 is 0 Å². The Hall–Kier alpha value is -0.250. The zero-order valence-corrected chi connectivity index (χ0v) is 14.9. The highest BCUT2D eigenvalue weighted by Gasteiger charge is 2.36. The number of hydrogen-bond donors (Lipinski definition) is 1. The lowest BCUT2D eigenvalue weighted by Crippen LogP contribution is -2.45. The maximum atomic E-state index is 12.7. The van der Waals surface area contributed by atoms with Gasteiger partial charge in [-0.2, -0.15) is 0 Å². The van der Waals surface area contributed by atoms with Gasteiger partial charge in [-0.05, 0) is 18.8 Å². The van der Waals surface area contributed by atoms with E-state index < -0.39 is 25.1 Å². The fraction of sp³-hybridized carbons (Fsp3) is 0.917. The summed E-state index contributed by atoms with van der Waals surface area (Å²) >= 11 is 4.81. The smallest absolute Gasteiger partial charge is 0.217 e. The minimum Gasteiger partial charge on any atom is -0.393 e. The van der Waals surface area contributed by atoms with Crippen molar-refractivity contribution >= 4 is 37.1 Å². The van der Waals surface area contributed by atoms with Crippen LogP contribution in [0.25, 0.3) is 0 Å². The molecule has 0 radical (unpaired) electrons. The van der Waals surface area contributed by atoms with Gasteiger partial charge in [0.15, 0.2) is 0 Å². The maximum Gasteiger partial charge on any atom is 0.217 e. The fourth-order valence-electron chi connectivity index (χ4n) is 2.34. The zero-order chi connectivity index (χ0) is 16.3. The summed E-state index contributed by atoms with van der Waals surface area (Å²) in [6.45, 7) is 4.54. The Morgan fingerprint density at radius 3 is 2.29 bits per heavy atom. The summed E-state index contributed by atoms with van der Waals surface area (Å²) in [4.78, 5) is 0.283. The summed E-state index contributed by atoms with van der Waals surface area (Å²) in [5.41, 5.74) is 5.46. The number of hydrogen-bond acceptors (Lipinski definition) is 5. The molecule has 0 amide bonds. The van der Waals surface area contributed by atoms with Gasteiger partial charge in [0, 0.05) is 19.5 Å². The average Bonchev–Trinajstić information content (AvgIpc) is 2.33. The van der Waals surface area contributed by atoms with E-state index in [1.807, 2.05) is 13.8 Å². The molecule has 0 saturated carbocycles. The van der Waals surface area contributed by atoms with E-state index in [1.54, 1.807) is 0 Å². The van der Waals surface area contributed by atoms with Crippen molar-refractivity contribution in [2.24, 2.45) is 11.7 Å². The highest BCUT2D eigenvalue weighted by Crippen LogP contribution is 2.23. The molecule has 0 spiro atoms. The van der Waals surface area contributed by atoms with Crippen LogP contribution >= 0.6 is 12.2 Å². The second-order valence-electron chi connectivity index (χ2n) is 5.86. The first kappa shape index (κ1) is 18.8. The van der Waals surface area contributed by atoms with Crippen LogP contribution in [0.1, 0.15) is 33.1 Å². The first-order valence-corrected chi connectivity index (χ1v) is 10.8. The van der Waals surface area contributed by atoms with E-state index in [2.05, 4.69) is 0 Å². The average molecular weight is 357 g/mol. The van der Waals surface area contributed by atoms with Crippen LogP contribution in [-0.2, 0) is 19.9 Å². The quantitative estimate of drug-likeness (QED) is 0.668. The van der Waals surface area contributed by atoms with Crippen molar-refractivity contribution in [1.29, 1.82) is 0 Å². The Morgan fingerprint density at radius 2 is 1.86 bits per heavy atom. The number of thiocarbonyl (C=S) groups is 1. The van der Waals surface area contributed by atoms with Crippen LogP contribution in [-0.4, -0.2) is 56.0 Å². The van der Waals surface area contributed by atoms with Gasteiger partial charge in [0.1, 0.15) is 9.84 Å². The minimum absolute atomic E-state index is 0.0539. The number of sulfone groups is 1. The van der Waals surface area contributed by atoms with Gasteiger partial charge in [0.2, 0.25) is 10.0 Å². The van der Waals surface area contributed by atoms with Crippen molar-refractivity contribution in [1.82, 2.24) is 4.31 Å². The molecule has 0 aromatic carbocycles. The van der Waals surface area contributed by atoms with E-state index in [4.69, 9.17) is 18.0 Å². The molecular formula is C12H24N2O4S3. The molecule has 6 nitrogen and oxygen atoms in total. The highest BCUT2D eigenvalue weighted by molar-refractivity contribution is 7.92. The molecule has 1 fully saturated rings. The number of sulfonamides is 1. The van der Waals surface area contributed by atoms with Gasteiger partial charge in [-0.15, -0.1) is 0 Å². The predicted octanol–water partition coefficient (Wildman–Crippen LogP) is 0.528. The largest absolute Gasteiger partial charge is 0.393 e. The third-order valence-corrected chi connectivity index (χ3v) is 7.74. The van der Waals surface area contributed by atoms with Gasteiger partial charge < -0.3 is 5.73 Å². The first-order valence-electron chi connectivity index (χ1n) is 7.02. The van der Waals surface area contributed by atoms with E-state index in [9.17, 15) is 16.8 Å². The Bertz CT molecular complexity index is 555. The van der Waals surface area contributed by atoms with Gasteiger partial charge in [0.25, 0.3) is 0 Å². The van der Waals surface area contributed by atoms with Crippen molar-refractivity contribution in [3.63, 3.8) is 0 Å². The SMILES string of the molecule is CC(C)CN(CCC(N)=S)S(=O)(=O)C1CCS(=O)(=O)CC1. The molecule has 0 aliphatic carbocycles. The van der Waals surface area contributed by atoms with Gasteiger partial charge in [-0.3, -0.25) is 0 Å². The summed E-state index contributed by atoms with van der Waals surface area (Å²) in [7, 11) is -6.59. The summed E-state index contributed by atoms with van der Waals surface area (Å²) in [6.07, 6.45) is 0.685. The zero-order valence-electron chi connectivity index (χ0n) is 12.5. The van der Waals surface area contributed by atoms with Crippen LogP contribution in [0, 0.1) is 5.92 Å². The van der Waals surface area contributed by atoms with Crippen molar-refractivity contribution in [2.75, 3.05) is 24.6 Å². The fourth-order valence-corrected chi connectivity index (χ4v) is 6.33. The second kappa shape index (κ2) is 7.34. The molecular weight excluding hydrogens is 332 g/mol. The Labute approximate surface area is 133 Å². The van der Waals surface area contributed by atoms with E-state index in [0.29, 0.717) is 13.0 Å². The molecule has 0 aromatic rings. The molecule has 1 rings (SSSR count). The molecule has 2 N–H and O–H groups in total. The maximum absolute atomic E-state index is 12.7. The molecule has 0 aromatic heterocycles. The first-order chi connectivity index (χ1) is 9.54. The number of nitrogens with zero attached hydrogens (tertiary/aromatic N) is 1. The van der Waals surface area contributed by atoms with E-state index in [0.717, 1.165) is 0 Å². The third-order valence-electron chi connectivity index (χ3n) is 3.46. The van der Waals surface area contributed by atoms with Crippen LogP contribution in [0.4, 0.5) is 0 Å². The Morgan fingerprint density at radius 1 is 1.33 bits per heavy atom. The molecule has 124 valence electrons. The van der Waals surface area contributed by atoms with Crippen molar-refractivity contribution in [3.8, 4) is 0 Å². The molecule has 0 unspecified atom stereocenters. The lowest BCUT2D eigenvalue weighted by molar-refractivity contribution is 0.367. The summed E-state index contributed by atoms with van der Waals surface area (Å²) < 4.78 is 49.7. The Balaban J connectivity index is 2.85. The summed E-state index contributed by atoms with van der Waals surface area (Å²) in [5.74, 6) is 0.0714. The van der Waals surface area contributed by atoms with Crippen LogP contribution in [0.2, 0.25) is 0 Å². The molecule has 1 heterocycles. The van der Waals surface area contributed by atoms with Crippen molar-refractivity contribution in [3.05, 3.63) is 0 Å². The summed E-state index contributed by atoms with van der Waals surface area (Å²) in [5, 5.41) is -0.619.